The molecule has 3 rings (SSSR count). The van der Waals surface area contributed by atoms with Crippen LogP contribution in [0, 0.1) is 6.92 Å². The number of carbonyl (C=O) groups is 2. The van der Waals surface area contributed by atoms with E-state index in [-0.39, 0.29) is 11.8 Å². The number of benzene rings is 1. The topological polar surface area (TPSA) is 62.3 Å². The van der Waals surface area contributed by atoms with Crippen LogP contribution in [0.4, 0.5) is 5.69 Å². The fourth-order valence-electron chi connectivity index (χ4n) is 3.98. The Kier molecular flexibility index (Phi) is 7.40. The molecule has 1 N–H and O–H groups in total. The summed E-state index contributed by atoms with van der Waals surface area (Å²) in [5, 5.41) is 2.98. The van der Waals surface area contributed by atoms with Gasteiger partial charge in [0.1, 0.15) is 6.04 Å². The first-order valence-electron chi connectivity index (χ1n) is 10.9. The van der Waals surface area contributed by atoms with Crippen molar-refractivity contribution >= 4 is 23.1 Å². The summed E-state index contributed by atoms with van der Waals surface area (Å²) in [6.45, 7) is 10.4. The summed E-state index contributed by atoms with van der Waals surface area (Å²) in [5.41, 5.74) is 6.08. The van der Waals surface area contributed by atoms with Gasteiger partial charge in [0.25, 0.3) is 0 Å². The van der Waals surface area contributed by atoms with Gasteiger partial charge in [0.15, 0.2) is 0 Å². The number of likely N-dealkylation sites (tertiary alicyclic amines) is 1. The number of hydrogen-bond donors (Lipinski definition) is 1. The van der Waals surface area contributed by atoms with Gasteiger partial charge >= 0.3 is 0 Å². The fraction of sp³-hybridized carbons (Fsp3) is 0.346. The van der Waals surface area contributed by atoms with Gasteiger partial charge in [0.05, 0.1) is 0 Å². The molecule has 2 heterocycles. The van der Waals surface area contributed by atoms with Gasteiger partial charge < -0.3 is 10.2 Å². The van der Waals surface area contributed by atoms with Crippen molar-refractivity contribution in [3.63, 3.8) is 0 Å². The summed E-state index contributed by atoms with van der Waals surface area (Å²) >= 11 is 0. The molecule has 1 aromatic carbocycles. The van der Waals surface area contributed by atoms with Crippen molar-refractivity contribution in [2.45, 2.75) is 52.5 Å². The maximum absolute atomic E-state index is 12.8. The number of nitrogens with one attached hydrogen (secondary N) is 1. The third-order valence-electron chi connectivity index (χ3n) is 5.73. The third-order valence-corrected chi connectivity index (χ3v) is 5.73. The monoisotopic (exact) mass is 417 g/mol. The molecular formula is C26H31N3O2. The Bertz CT molecular complexity index is 1010. The summed E-state index contributed by atoms with van der Waals surface area (Å²) in [4.78, 5) is 31.0. The van der Waals surface area contributed by atoms with E-state index in [1.165, 1.54) is 11.6 Å². The van der Waals surface area contributed by atoms with Gasteiger partial charge in [-0.25, -0.2) is 0 Å². The molecule has 0 spiro atoms. The number of nitrogens with zero attached hydrogens (tertiary/aromatic N) is 2. The van der Waals surface area contributed by atoms with Crippen molar-refractivity contribution in [2.75, 3.05) is 11.9 Å². The lowest BCUT2D eigenvalue weighted by atomic mass is 9.99. The van der Waals surface area contributed by atoms with Crippen LogP contribution in [0.3, 0.4) is 0 Å². The van der Waals surface area contributed by atoms with Gasteiger partial charge in [-0.3, -0.25) is 14.6 Å². The SMILES string of the molecule is C=CC(=O)N1CCCC1C(=O)Nc1cccc(-c2cnc(C)c(/C(C)=C\CCC)c2)c1. The molecule has 1 atom stereocenters. The molecule has 0 saturated carbocycles. The first kappa shape index (κ1) is 22.5. The third kappa shape index (κ3) is 5.29. The van der Waals surface area contributed by atoms with Gasteiger partial charge in [-0.2, -0.15) is 0 Å². The number of anilines is 1. The lowest BCUT2D eigenvalue weighted by Crippen LogP contribution is -2.42. The van der Waals surface area contributed by atoms with Crippen LogP contribution < -0.4 is 5.32 Å². The van der Waals surface area contributed by atoms with Gasteiger partial charge in [-0.1, -0.05) is 38.1 Å². The van der Waals surface area contributed by atoms with Crippen LogP contribution in [-0.4, -0.2) is 34.3 Å². The van der Waals surface area contributed by atoms with E-state index < -0.39 is 6.04 Å². The van der Waals surface area contributed by atoms with Gasteiger partial charge in [0.2, 0.25) is 11.8 Å². The molecule has 5 heteroatoms. The van der Waals surface area contributed by atoms with E-state index >= 15 is 0 Å². The number of carbonyl (C=O) groups excluding carboxylic acids is 2. The van der Waals surface area contributed by atoms with Gasteiger partial charge in [-0.15, -0.1) is 0 Å². The van der Waals surface area contributed by atoms with Crippen LogP contribution >= 0.6 is 0 Å². The number of allylic oxidation sites excluding steroid dienone is 2. The molecule has 0 aliphatic carbocycles. The Labute approximate surface area is 184 Å². The molecule has 0 radical (unpaired) electrons. The Hall–Kier alpha value is -3.21. The molecule has 0 bridgehead atoms. The van der Waals surface area contributed by atoms with Crippen LogP contribution in [0.5, 0.6) is 0 Å². The smallest absolute Gasteiger partial charge is 0.247 e. The van der Waals surface area contributed by atoms with Gasteiger partial charge in [-0.05, 0) is 74.1 Å². The minimum Gasteiger partial charge on any atom is -0.327 e. The van der Waals surface area contributed by atoms with Crippen molar-refractivity contribution in [3.8, 4) is 11.1 Å². The highest BCUT2D eigenvalue weighted by atomic mass is 16.2. The molecule has 1 aliphatic heterocycles. The molecule has 2 amide bonds. The van der Waals surface area contributed by atoms with Crippen LogP contribution in [0.15, 0.2) is 55.3 Å². The molecule has 1 aliphatic rings. The summed E-state index contributed by atoms with van der Waals surface area (Å²) < 4.78 is 0. The van der Waals surface area contributed by atoms with Crippen molar-refractivity contribution in [1.29, 1.82) is 0 Å². The number of rotatable bonds is 7. The fourth-order valence-corrected chi connectivity index (χ4v) is 3.98. The lowest BCUT2D eigenvalue weighted by Gasteiger charge is -2.22. The second kappa shape index (κ2) is 10.2. The van der Waals surface area contributed by atoms with E-state index in [9.17, 15) is 9.59 Å². The number of hydrogen-bond acceptors (Lipinski definition) is 3. The first-order valence-corrected chi connectivity index (χ1v) is 10.9. The summed E-state index contributed by atoms with van der Waals surface area (Å²) in [7, 11) is 0. The zero-order valence-electron chi connectivity index (χ0n) is 18.6. The Balaban J connectivity index is 1.81. The maximum atomic E-state index is 12.8. The highest BCUT2D eigenvalue weighted by Crippen LogP contribution is 2.28. The van der Waals surface area contributed by atoms with E-state index in [2.05, 4.69) is 42.9 Å². The van der Waals surface area contributed by atoms with Gasteiger partial charge in [0, 0.05) is 29.7 Å². The number of amides is 2. The van der Waals surface area contributed by atoms with Crippen molar-refractivity contribution in [2.24, 2.45) is 0 Å². The van der Waals surface area contributed by atoms with Crippen LogP contribution in [0.25, 0.3) is 16.7 Å². The van der Waals surface area contributed by atoms with E-state index in [1.54, 1.807) is 4.90 Å². The van der Waals surface area contributed by atoms with E-state index in [0.29, 0.717) is 18.7 Å². The Morgan fingerprint density at radius 2 is 2.10 bits per heavy atom. The van der Waals surface area contributed by atoms with E-state index in [4.69, 9.17) is 0 Å². The Morgan fingerprint density at radius 1 is 1.29 bits per heavy atom. The molecule has 162 valence electrons. The average Bonchev–Trinajstić information content (AvgIpc) is 3.27. The molecule has 1 fully saturated rings. The zero-order chi connectivity index (χ0) is 22.4. The highest BCUT2D eigenvalue weighted by Gasteiger charge is 2.32. The predicted octanol–water partition coefficient (Wildman–Crippen LogP) is 5.38. The summed E-state index contributed by atoms with van der Waals surface area (Å²) in [5.74, 6) is -0.359. The molecule has 5 nitrogen and oxygen atoms in total. The zero-order valence-corrected chi connectivity index (χ0v) is 18.6. The first-order chi connectivity index (χ1) is 14.9. The highest BCUT2D eigenvalue weighted by molar-refractivity contribution is 5.99. The number of unbranched alkanes of at least 4 members (excludes halogenated alkanes) is 1. The average molecular weight is 418 g/mol. The van der Waals surface area contributed by atoms with Crippen LogP contribution in [0.2, 0.25) is 0 Å². The standard InChI is InChI=1S/C26H31N3O2/c1-5-7-10-18(3)23-16-21(17-27-19(23)4)20-11-8-12-22(15-20)28-26(31)24-13-9-14-29(24)25(30)6-2/h6,8,10-12,15-17,24H,2,5,7,9,13-14H2,1,3-4H3,(H,28,31)/b18-10-. The van der Waals surface area contributed by atoms with Crippen molar-refractivity contribution in [3.05, 3.63) is 66.5 Å². The van der Waals surface area contributed by atoms with E-state index in [0.717, 1.165) is 41.6 Å². The molecule has 1 aromatic heterocycles. The number of aromatic nitrogens is 1. The maximum Gasteiger partial charge on any atom is 0.247 e. The molecule has 31 heavy (non-hydrogen) atoms. The second-order valence-electron chi connectivity index (χ2n) is 8.00. The largest absolute Gasteiger partial charge is 0.327 e. The van der Waals surface area contributed by atoms with Crippen LogP contribution in [-0.2, 0) is 9.59 Å². The second-order valence-corrected chi connectivity index (χ2v) is 8.00. The molecular weight excluding hydrogens is 386 g/mol. The number of pyridine rings is 1. The van der Waals surface area contributed by atoms with Crippen LogP contribution in [0.1, 0.15) is 50.8 Å². The number of aryl methyl sites for hydroxylation is 1. The minimum atomic E-state index is -0.451. The summed E-state index contributed by atoms with van der Waals surface area (Å²) in [6, 6.07) is 9.46. The molecule has 1 saturated heterocycles. The van der Waals surface area contributed by atoms with Crippen molar-refractivity contribution in [1.82, 2.24) is 9.88 Å². The van der Waals surface area contributed by atoms with E-state index in [1.807, 2.05) is 37.4 Å². The lowest BCUT2D eigenvalue weighted by molar-refractivity contribution is -0.132. The minimum absolute atomic E-state index is 0.161. The predicted molar refractivity (Wildman–Crippen MR) is 127 cm³/mol. The molecule has 1 unspecified atom stereocenters. The summed E-state index contributed by atoms with van der Waals surface area (Å²) in [6.07, 6.45) is 9.04. The quantitative estimate of drug-likeness (QED) is 0.616. The Morgan fingerprint density at radius 3 is 2.84 bits per heavy atom. The van der Waals surface area contributed by atoms with Crippen molar-refractivity contribution < 1.29 is 9.59 Å². The normalized spacial score (nSPS) is 16.3. The molecule has 2 aromatic rings.